The molecule has 0 amide bonds. The van der Waals surface area contributed by atoms with Crippen LogP contribution >= 0.6 is 0 Å². The van der Waals surface area contributed by atoms with Crippen molar-refractivity contribution in [1.82, 2.24) is 0 Å². The third-order valence-corrected chi connectivity index (χ3v) is 1.68. The molecule has 0 bridgehead atoms. The van der Waals surface area contributed by atoms with Crippen molar-refractivity contribution in [2.75, 3.05) is 0 Å². The summed E-state index contributed by atoms with van der Waals surface area (Å²) in [7, 11) is 0. The van der Waals surface area contributed by atoms with Gasteiger partial charge in [-0.15, -0.1) is 13.2 Å². The van der Waals surface area contributed by atoms with Gasteiger partial charge < -0.3 is 10.5 Å². The number of halogens is 3. The Hall–Kier alpha value is -1.74. The first-order valence-electron chi connectivity index (χ1n) is 3.95. The molecule has 0 aliphatic rings. The van der Waals surface area contributed by atoms with Gasteiger partial charge in [0.1, 0.15) is 5.75 Å². The highest BCUT2D eigenvalue weighted by molar-refractivity contribution is 5.46. The third-order valence-electron chi connectivity index (χ3n) is 1.68. The van der Waals surface area contributed by atoms with Crippen LogP contribution in [0, 0.1) is 11.3 Å². The largest absolute Gasteiger partial charge is 0.573 e. The SMILES string of the molecule is N#Cc1cccc(OC(F)(F)F)c1CN. The van der Waals surface area contributed by atoms with E-state index in [0.717, 1.165) is 6.07 Å². The lowest BCUT2D eigenvalue weighted by molar-refractivity contribution is -0.274. The van der Waals surface area contributed by atoms with E-state index in [1.165, 1.54) is 12.1 Å². The summed E-state index contributed by atoms with van der Waals surface area (Å²) in [5, 5.41) is 8.63. The van der Waals surface area contributed by atoms with Crippen molar-refractivity contribution < 1.29 is 17.9 Å². The number of rotatable bonds is 2. The Balaban J connectivity index is 3.14. The van der Waals surface area contributed by atoms with Crippen molar-refractivity contribution in [3.8, 4) is 11.8 Å². The summed E-state index contributed by atoms with van der Waals surface area (Å²) >= 11 is 0. The molecule has 0 atom stereocenters. The van der Waals surface area contributed by atoms with Gasteiger partial charge >= 0.3 is 6.36 Å². The average Bonchev–Trinajstić information content (AvgIpc) is 2.15. The van der Waals surface area contributed by atoms with Crippen molar-refractivity contribution in [2.24, 2.45) is 5.73 Å². The molecule has 3 nitrogen and oxygen atoms in total. The smallest absolute Gasteiger partial charge is 0.405 e. The molecular formula is C9H7F3N2O. The first-order valence-corrected chi connectivity index (χ1v) is 3.95. The summed E-state index contributed by atoms with van der Waals surface area (Å²) in [5.74, 6) is -0.427. The summed E-state index contributed by atoms with van der Waals surface area (Å²) in [5.41, 5.74) is 5.38. The Morgan fingerprint density at radius 2 is 2.07 bits per heavy atom. The molecular weight excluding hydrogens is 209 g/mol. The molecule has 0 aromatic heterocycles. The van der Waals surface area contributed by atoms with E-state index in [1.54, 1.807) is 6.07 Å². The maximum atomic E-state index is 11.9. The number of nitrogens with zero attached hydrogens (tertiary/aromatic N) is 1. The monoisotopic (exact) mass is 216 g/mol. The minimum absolute atomic E-state index is 0.0531. The van der Waals surface area contributed by atoms with E-state index in [4.69, 9.17) is 11.0 Å². The molecule has 15 heavy (non-hydrogen) atoms. The van der Waals surface area contributed by atoms with Crippen molar-refractivity contribution in [3.63, 3.8) is 0 Å². The fourth-order valence-electron chi connectivity index (χ4n) is 1.10. The third kappa shape index (κ3) is 2.86. The Kier molecular flexibility index (Phi) is 3.17. The standard InChI is InChI=1S/C9H7F3N2O/c10-9(11,12)15-8-3-1-2-6(4-13)7(8)5-14/h1-3H,5,14H2. The molecule has 0 spiro atoms. The number of alkyl halides is 3. The number of benzene rings is 1. The summed E-state index contributed by atoms with van der Waals surface area (Å²) in [4.78, 5) is 0. The number of hydrogen-bond donors (Lipinski definition) is 1. The van der Waals surface area contributed by atoms with E-state index < -0.39 is 12.1 Å². The number of nitrogens with two attached hydrogens (primary N) is 1. The molecule has 1 aromatic rings. The minimum atomic E-state index is -4.78. The molecule has 0 aliphatic heterocycles. The van der Waals surface area contributed by atoms with Crippen LogP contribution in [0.25, 0.3) is 0 Å². The zero-order chi connectivity index (χ0) is 11.5. The molecule has 0 radical (unpaired) electrons. The van der Waals surface area contributed by atoms with Gasteiger partial charge in [0, 0.05) is 12.1 Å². The predicted molar refractivity (Wildman–Crippen MR) is 45.7 cm³/mol. The number of hydrogen-bond acceptors (Lipinski definition) is 3. The zero-order valence-electron chi connectivity index (χ0n) is 7.51. The molecule has 0 fully saturated rings. The molecule has 0 heterocycles. The summed E-state index contributed by atoms with van der Waals surface area (Å²) in [6, 6.07) is 5.55. The van der Waals surface area contributed by atoms with E-state index >= 15 is 0 Å². The molecule has 0 unspecified atom stereocenters. The molecule has 2 N–H and O–H groups in total. The Bertz CT molecular complexity index is 395. The molecule has 1 rings (SSSR count). The van der Waals surface area contributed by atoms with E-state index in [1.807, 2.05) is 0 Å². The Labute approximate surface area is 83.9 Å². The zero-order valence-corrected chi connectivity index (χ0v) is 7.51. The van der Waals surface area contributed by atoms with Crippen molar-refractivity contribution in [3.05, 3.63) is 29.3 Å². The van der Waals surface area contributed by atoms with Crippen LogP contribution < -0.4 is 10.5 Å². The van der Waals surface area contributed by atoms with Gasteiger partial charge in [0.15, 0.2) is 0 Å². The average molecular weight is 216 g/mol. The van der Waals surface area contributed by atoms with E-state index in [-0.39, 0.29) is 17.7 Å². The fourth-order valence-corrected chi connectivity index (χ4v) is 1.10. The molecule has 0 saturated heterocycles. The maximum Gasteiger partial charge on any atom is 0.573 e. The van der Waals surface area contributed by atoms with Crippen LogP contribution in [0.5, 0.6) is 5.75 Å². The van der Waals surface area contributed by atoms with Crippen LogP contribution in [0.15, 0.2) is 18.2 Å². The quantitative estimate of drug-likeness (QED) is 0.821. The topological polar surface area (TPSA) is 59.0 Å². The van der Waals surface area contributed by atoms with Gasteiger partial charge in [-0.3, -0.25) is 0 Å². The molecule has 1 aromatic carbocycles. The van der Waals surface area contributed by atoms with Gasteiger partial charge in [-0.25, -0.2) is 0 Å². The van der Waals surface area contributed by atoms with Crippen molar-refractivity contribution >= 4 is 0 Å². The second-order valence-electron chi connectivity index (χ2n) is 2.65. The minimum Gasteiger partial charge on any atom is -0.405 e. The first kappa shape index (κ1) is 11.3. The van der Waals surface area contributed by atoms with E-state index in [0.29, 0.717) is 0 Å². The second-order valence-corrected chi connectivity index (χ2v) is 2.65. The van der Waals surface area contributed by atoms with Crippen molar-refractivity contribution in [1.29, 1.82) is 5.26 Å². The van der Waals surface area contributed by atoms with Gasteiger partial charge in [0.2, 0.25) is 0 Å². The summed E-state index contributed by atoms with van der Waals surface area (Å²) in [6.07, 6.45) is -4.78. The molecule has 0 saturated carbocycles. The molecule has 0 aliphatic carbocycles. The lowest BCUT2D eigenvalue weighted by Crippen LogP contribution is -2.19. The van der Waals surface area contributed by atoms with Crippen LogP contribution in [-0.2, 0) is 6.54 Å². The highest BCUT2D eigenvalue weighted by atomic mass is 19.4. The predicted octanol–water partition coefficient (Wildman–Crippen LogP) is 1.92. The van der Waals surface area contributed by atoms with Crippen LogP contribution in [-0.4, -0.2) is 6.36 Å². The number of ether oxygens (including phenoxy) is 1. The highest BCUT2D eigenvalue weighted by Crippen LogP contribution is 2.27. The second kappa shape index (κ2) is 4.19. The van der Waals surface area contributed by atoms with Gasteiger partial charge in [-0.1, -0.05) is 6.07 Å². The van der Waals surface area contributed by atoms with Gasteiger partial charge in [0.25, 0.3) is 0 Å². The van der Waals surface area contributed by atoms with Crippen molar-refractivity contribution in [2.45, 2.75) is 12.9 Å². The first-order chi connectivity index (χ1) is 6.98. The van der Waals surface area contributed by atoms with Crippen LogP contribution in [0.2, 0.25) is 0 Å². The highest BCUT2D eigenvalue weighted by Gasteiger charge is 2.32. The van der Waals surface area contributed by atoms with Gasteiger partial charge in [0.05, 0.1) is 11.6 Å². The normalized spacial score (nSPS) is 10.9. The summed E-state index contributed by atoms with van der Waals surface area (Å²) < 4.78 is 39.6. The van der Waals surface area contributed by atoms with E-state index in [9.17, 15) is 13.2 Å². The van der Waals surface area contributed by atoms with Gasteiger partial charge in [-0.2, -0.15) is 5.26 Å². The summed E-state index contributed by atoms with van der Waals surface area (Å²) in [6.45, 7) is -0.185. The number of nitriles is 1. The van der Waals surface area contributed by atoms with E-state index in [2.05, 4.69) is 4.74 Å². The lowest BCUT2D eigenvalue weighted by atomic mass is 10.1. The lowest BCUT2D eigenvalue weighted by Gasteiger charge is -2.12. The Morgan fingerprint density at radius 3 is 2.53 bits per heavy atom. The fraction of sp³-hybridized carbons (Fsp3) is 0.222. The molecule has 80 valence electrons. The maximum absolute atomic E-state index is 11.9. The molecule has 6 heteroatoms. The van der Waals surface area contributed by atoms with Crippen LogP contribution in [0.4, 0.5) is 13.2 Å². The van der Waals surface area contributed by atoms with Crippen LogP contribution in [0.1, 0.15) is 11.1 Å². The van der Waals surface area contributed by atoms with Crippen LogP contribution in [0.3, 0.4) is 0 Å². The van der Waals surface area contributed by atoms with Gasteiger partial charge in [-0.05, 0) is 12.1 Å². The Morgan fingerprint density at radius 1 is 1.40 bits per heavy atom.